The van der Waals surface area contributed by atoms with Crippen LogP contribution in [0, 0.1) is 0 Å². The second-order valence-corrected chi connectivity index (χ2v) is 3.42. The first-order chi connectivity index (χ1) is 8.08. The highest BCUT2D eigenvalue weighted by molar-refractivity contribution is 5.75. The number of esters is 1. The van der Waals surface area contributed by atoms with Gasteiger partial charge in [-0.15, -0.1) is 0 Å². The van der Waals surface area contributed by atoms with E-state index < -0.39 is 12.1 Å². The van der Waals surface area contributed by atoms with Crippen LogP contribution in [-0.2, 0) is 9.53 Å². The van der Waals surface area contributed by atoms with Crippen molar-refractivity contribution in [3.8, 4) is 11.5 Å². The summed E-state index contributed by atoms with van der Waals surface area (Å²) in [6.45, 7) is 3.67. The molecular weight excluding hydrogens is 222 g/mol. The van der Waals surface area contributed by atoms with Crippen LogP contribution in [0.2, 0.25) is 0 Å². The maximum atomic E-state index is 11.4. The summed E-state index contributed by atoms with van der Waals surface area (Å²) in [7, 11) is 1.55. The van der Waals surface area contributed by atoms with Gasteiger partial charge in [-0.05, 0) is 26.0 Å². The van der Waals surface area contributed by atoms with Crippen LogP contribution in [0.5, 0.6) is 11.5 Å². The molecule has 1 atom stereocenters. The zero-order valence-electron chi connectivity index (χ0n) is 10.2. The zero-order valence-corrected chi connectivity index (χ0v) is 10.2. The molecule has 0 amide bonds. The lowest BCUT2D eigenvalue weighted by Gasteiger charge is -2.15. The van der Waals surface area contributed by atoms with Crippen LogP contribution in [0.1, 0.15) is 13.8 Å². The summed E-state index contributed by atoms with van der Waals surface area (Å²) >= 11 is 0. The second-order valence-electron chi connectivity index (χ2n) is 3.42. The molecule has 1 rings (SSSR count). The highest BCUT2D eigenvalue weighted by Crippen LogP contribution is 2.27. The minimum absolute atomic E-state index is 0.320. The second kappa shape index (κ2) is 5.98. The van der Waals surface area contributed by atoms with Crippen molar-refractivity contribution in [1.82, 2.24) is 0 Å². The smallest absolute Gasteiger partial charge is 0.347 e. The summed E-state index contributed by atoms with van der Waals surface area (Å²) in [6.07, 6.45) is -0.704. The predicted octanol–water partition coefficient (Wildman–Crippen LogP) is 1.61. The maximum Gasteiger partial charge on any atom is 0.347 e. The van der Waals surface area contributed by atoms with E-state index in [0.717, 1.165) is 0 Å². The molecule has 0 aliphatic rings. The van der Waals surface area contributed by atoms with Crippen LogP contribution in [0.25, 0.3) is 0 Å². The molecule has 0 aromatic heterocycles. The number of carbonyl (C=O) groups excluding carboxylic acids is 1. The van der Waals surface area contributed by atoms with Crippen LogP contribution in [0.4, 0.5) is 5.69 Å². The van der Waals surface area contributed by atoms with Crippen molar-refractivity contribution in [3.63, 3.8) is 0 Å². The third-order valence-electron chi connectivity index (χ3n) is 2.14. The molecule has 1 unspecified atom stereocenters. The number of nitrogens with two attached hydrogens (primary N) is 1. The van der Waals surface area contributed by atoms with Gasteiger partial charge in [-0.25, -0.2) is 4.79 Å². The van der Waals surface area contributed by atoms with Gasteiger partial charge in [0, 0.05) is 6.07 Å². The Labute approximate surface area is 100 Å². The molecule has 2 N–H and O–H groups in total. The van der Waals surface area contributed by atoms with Gasteiger partial charge in [-0.2, -0.15) is 0 Å². The average Bonchev–Trinajstić information content (AvgIpc) is 2.32. The number of benzene rings is 1. The summed E-state index contributed by atoms with van der Waals surface area (Å²) in [4.78, 5) is 11.4. The average molecular weight is 239 g/mol. The number of carbonyl (C=O) groups is 1. The monoisotopic (exact) mass is 239 g/mol. The van der Waals surface area contributed by atoms with Crippen LogP contribution in [0.3, 0.4) is 0 Å². The van der Waals surface area contributed by atoms with Crippen LogP contribution >= 0.6 is 0 Å². The van der Waals surface area contributed by atoms with Gasteiger partial charge in [0.05, 0.1) is 19.4 Å². The standard InChI is InChI=1S/C12H17NO4/c1-4-16-12(14)8(2)17-11-7-9(15-3)5-6-10(11)13/h5-8H,4,13H2,1-3H3. The first kappa shape index (κ1) is 13.2. The molecule has 1 aromatic rings. The molecule has 0 spiro atoms. The predicted molar refractivity (Wildman–Crippen MR) is 64.1 cm³/mol. The van der Waals surface area contributed by atoms with Crippen molar-refractivity contribution in [1.29, 1.82) is 0 Å². The molecule has 0 bridgehead atoms. The summed E-state index contributed by atoms with van der Waals surface area (Å²) in [6, 6.07) is 5.01. The van der Waals surface area contributed by atoms with E-state index in [1.165, 1.54) is 0 Å². The lowest BCUT2D eigenvalue weighted by molar-refractivity contribution is -0.150. The van der Waals surface area contributed by atoms with Crippen molar-refractivity contribution in [2.24, 2.45) is 0 Å². The van der Waals surface area contributed by atoms with Gasteiger partial charge in [0.1, 0.15) is 11.5 Å². The Hall–Kier alpha value is -1.91. The van der Waals surface area contributed by atoms with E-state index >= 15 is 0 Å². The molecule has 0 saturated heterocycles. The highest BCUT2D eigenvalue weighted by atomic mass is 16.6. The molecule has 94 valence electrons. The van der Waals surface area contributed by atoms with E-state index in [0.29, 0.717) is 23.8 Å². The first-order valence-corrected chi connectivity index (χ1v) is 5.35. The topological polar surface area (TPSA) is 70.8 Å². The van der Waals surface area contributed by atoms with Gasteiger partial charge in [0.25, 0.3) is 0 Å². The Balaban J connectivity index is 2.76. The van der Waals surface area contributed by atoms with Crippen LogP contribution in [0.15, 0.2) is 18.2 Å². The Morgan fingerprint density at radius 1 is 1.47 bits per heavy atom. The van der Waals surface area contributed by atoms with E-state index in [-0.39, 0.29) is 0 Å². The molecule has 0 fully saturated rings. The molecule has 0 saturated carbocycles. The SMILES string of the molecule is CCOC(=O)C(C)Oc1cc(OC)ccc1N. The summed E-state index contributed by atoms with van der Waals surface area (Å²) in [5, 5.41) is 0. The Morgan fingerprint density at radius 2 is 2.18 bits per heavy atom. The van der Waals surface area contributed by atoms with Gasteiger partial charge in [0.15, 0.2) is 6.10 Å². The summed E-state index contributed by atoms with van der Waals surface area (Å²) in [5.74, 6) is 0.602. The van der Waals surface area contributed by atoms with Crippen LogP contribution < -0.4 is 15.2 Å². The fourth-order valence-corrected chi connectivity index (χ4v) is 1.24. The summed E-state index contributed by atoms with van der Waals surface area (Å²) < 4.78 is 15.3. The van der Waals surface area contributed by atoms with Gasteiger partial charge in [-0.3, -0.25) is 0 Å². The maximum absolute atomic E-state index is 11.4. The normalized spacial score (nSPS) is 11.7. The Morgan fingerprint density at radius 3 is 2.76 bits per heavy atom. The van der Waals surface area contributed by atoms with Gasteiger partial charge in [-0.1, -0.05) is 0 Å². The Kier molecular flexibility index (Phi) is 4.63. The lowest BCUT2D eigenvalue weighted by Crippen LogP contribution is -2.26. The number of anilines is 1. The van der Waals surface area contributed by atoms with Gasteiger partial charge >= 0.3 is 5.97 Å². The van der Waals surface area contributed by atoms with Gasteiger partial charge in [0.2, 0.25) is 0 Å². The molecule has 17 heavy (non-hydrogen) atoms. The van der Waals surface area contributed by atoms with Crippen LogP contribution in [-0.4, -0.2) is 25.8 Å². The van der Waals surface area contributed by atoms with E-state index in [2.05, 4.69) is 0 Å². The van der Waals surface area contributed by atoms with Crippen molar-refractivity contribution in [3.05, 3.63) is 18.2 Å². The highest BCUT2D eigenvalue weighted by Gasteiger charge is 2.17. The van der Waals surface area contributed by atoms with Crippen molar-refractivity contribution < 1.29 is 19.0 Å². The van der Waals surface area contributed by atoms with Crippen molar-refractivity contribution in [2.75, 3.05) is 19.5 Å². The minimum Gasteiger partial charge on any atom is -0.497 e. The zero-order chi connectivity index (χ0) is 12.8. The summed E-state index contributed by atoms with van der Waals surface area (Å²) in [5.41, 5.74) is 6.18. The molecule has 1 aromatic carbocycles. The van der Waals surface area contributed by atoms with Crippen molar-refractivity contribution >= 4 is 11.7 Å². The lowest BCUT2D eigenvalue weighted by atomic mass is 10.2. The molecule has 0 radical (unpaired) electrons. The molecular formula is C12H17NO4. The number of hydrogen-bond acceptors (Lipinski definition) is 5. The molecule has 5 nitrogen and oxygen atoms in total. The molecule has 0 aliphatic heterocycles. The first-order valence-electron chi connectivity index (χ1n) is 5.35. The number of hydrogen-bond donors (Lipinski definition) is 1. The number of methoxy groups -OCH3 is 1. The minimum atomic E-state index is -0.704. The molecule has 5 heteroatoms. The van der Waals surface area contributed by atoms with Crippen molar-refractivity contribution in [2.45, 2.75) is 20.0 Å². The Bertz CT molecular complexity index is 392. The number of ether oxygens (including phenoxy) is 3. The molecule has 0 heterocycles. The third kappa shape index (κ3) is 3.55. The quantitative estimate of drug-likeness (QED) is 0.624. The van der Waals surface area contributed by atoms with E-state index in [9.17, 15) is 4.79 Å². The van der Waals surface area contributed by atoms with E-state index in [1.54, 1.807) is 39.2 Å². The fourth-order valence-electron chi connectivity index (χ4n) is 1.24. The van der Waals surface area contributed by atoms with E-state index in [4.69, 9.17) is 19.9 Å². The molecule has 0 aliphatic carbocycles. The van der Waals surface area contributed by atoms with Gasteiger partial charge < -0.3 is 19.9 Å². The number of rotatable bonds is 5. The largest absolute Gasteiger partial charge is 0.497 e. The van der Waals surface area contributed by atoms with E-state index in [1.807, 2.05) is 0 Å². The fraction of sp³-hybridized carbons (Fsp3) is 0.417. The third-order valence-corrected chi connectivity index (χ3v) is 2.14. The number of nitrogen functional groups attached to an aromatic ring is 1.